The van der Waals surface area contributed by atoms with E-state index >= 15 is 0 Å². The summed E-state index contributed by atoms with van der Waals surface area (Å²) in [4.78, 5) is 31.5. The number of unbranched alkanes of at least 4 members (excludes halogenated alkanes) is 1. The summed E-state index contributed by atoms with van der Waals surface area (Å²) in [6.45, 7) is 3.14. The SMILES string of the molecule is COc1ccc2[nH]c3c(=O)n(CCCCC(=O)NCCc4ccc(C)cc4)c(=S)[nH]c3c2c1. The number of nitrogens with one attached hydrogen (secondary N) is 3. The molecule has 0 saturated heterocycles. The van der Waals surface area contributed by atoms with Gasteiger partial charge in [0.1, 0.15) is 11.3 Å². The van der Waals surface area contributed by atoms with Crippen LogP contribution in [0.5, 0.6) is 5.75 Å². The van der Waals surface area contributed by atoms with Crippen LogP contribution in [0.4, 0.5) is 0 Å². The molecule has 0 bridgehead atoms. The Labute approximate surface area is 196 Å². The minimum absolute atomic E-state index is 0.0274. The zero-order valence-corrected chi connectivity index (χ0v) is 19.7. The monoisotopic (exact) mass is 464 g/mol. The van der Waals surface area contributed by atoms with Crippen molar-refractivity contribution in [2.24, 2.45) is 0 Å². The number of fused-ring (bicyclic) bond motifs is 3. The normalized spacial score (nSPS) is 11.2. The lowest BCUT2D eigenvalue weighted by atomic mass is 10.1. The third-order valence-corrected chi connectivity index (χ3v) is 6.16. The highest BCUT2D eigenvalue weighted by Gasteiger charge is 2.12. The summed E-state index contributed by atoms with van der Waals surface area (Å²) >= 11 is 5.45. The van der Waals surface area contributed by atoms with Gasteiger partial charge in [-0.2, -0.15) is 0 Å². The van der Waals surface area contributed by atoms with Crippen molar-refractivity contribution in [3.63, 3.8) is 0 Å². The number of methoxy groups -OCH3 is 1. The second-order valence-electron chi connectivity index (χ2n) is 8.22. The third-order valence-electron chi connectivity index (χ3n) is 5.83. The van der Waals surface area contributed by atoms with Crippen molar-refractivity contribution < 1.29 is 9.53 Å². The fourth-order valence-corrected chi connectivity index (χ4v) is 4.21. The number of carbonyl (C=O) groups excluding carboxylic acids is 1. The number of aromatic amines is 2. The van der Waals surface area contributed by atoms with Crippen molar-refractivity contribution in [2.45, 2.75) is 39.2 Å². The number of aryl methyl sites for hydroxylation is 1. The molecule has 1 amide bonds. The van der Waals surface area contributed by atoms with Gasteiger partial charge in [-0.15, -0.1) is 0 Å². The van der Waals surface area contributed by atoms with Crippen LogP contribution in [0.3, 0.4) is 0 Å². The third kappa shape index (κ3) is 5.17. The Morgan fingerprint density at radius 3 is 2.64 bits per heavy atom. The average molecular weight is 465 g/mol. The number of aromatic nitrogens is 3. The number of benzene rings is 2. The maximum Gasteiger partial charge on any atom is 0.278 e. The zero-order chi connectivity index (χ0) is 23.4. The molecule has 8 heteroatoms. The summed E-state index contributed by atoms with van der Waals surface area (Å²) < 4.78 is 7.22. The predicted octanol–water partition coefficient (Wildman–Crippen LogP) is 4.39. The van der Waals surface area contributed by atoms with Gasteiger partial charge in [0.15, 0.2) is 4.77 Å². The smallest absolute Gasteiger partial charge is 0.278 e. The minimum atomic E-state index is -0.161. The summed E-state index contributed by atoms with van der Waals surface area (Å²) in [6, 6.07) is 13.9. The Morgan fingerprint density at radius 1 is 1.09 bits per heavy atom. The van der Waals surface area contributed by atoms with E-state index in [2.05, 4.69) is 46.5 Å². The first-order chi connectivity index (χ1) is 16.0. The molecule has 0 saturated carbocycles. The molecule has 0 atom stereocenters. The van der Waals surface area contributed by atoms with Gasteiger partial charge in [0.25, 0.3) is 5.56 Å². The first-order valence-electron chi connectivity index (χ1n) is 11.1. The maximum atomic E-state index is 13.0. The first kappa shape index (κ1) is 22.8. The van der Waals surface area contributed by atoms with Gasteiger partial charge in [-0.3, -0.25) is 14.2 Å². The molecule has 172 valence electrons. The van der Waals surface area contributed by atoms with Gasteiger partial charge in [-0.05, 0) is 62.2 Å². The maximum absolute atomic E-state index is 13.0. The lowest BCUT2D eigenvalue weighted by molar-refractivity contribution is -0.121. The number of nitrogens with zero attached hydrogens (tertiary/aromatic N) is 1. The van der Waals surface area contributed by atoms with Crippen LogP contribution >= 0.6 is 12.2 Å². The molecule has 0 unspecified atom stereocenters. The molecular weight excluding hydrogens is 436 g/mol. The van der Waals surface area contributed by atoms with E-state index in [1.54, 1.807) is 11.7 Å². The molecule has 0 fully saturated rings. The summed E-state index contributed by atoms with van der Waals surface area (Å²) in [5.41, 5.74) is 4.29. The second kappa shape index (κ2) is 10.0. The fourth-order valence-electron chi connectivity index (χ4n) is 3.94. The van der Waals surface area contributed by atoms with Crippen molar-refractivity contribution >= 4 is 40.1 Å². The van der Waals surface area contributed by atoms with Crippen molar-refractivity contribution in [1.29, 1.82) is 0 Å². The van der Waals surface area contributed by atoms with Crippen molar-refractivity contribution in [3.05, 3.63) is 68.7 Å². The molecule has 0 spiro atoms. The van der Waals surface area contributed by atoms with Gasteiger partial charge in [0.2, 0.25) is 5.91 Å². The molecule has 2 aromatic carbocycles. The Balaban J connectivity index is 1.33. The molecule has 33 heavy (non-hydrogen) atoms. The lowest BCUT2D eigenvalue weighted by Crippen LogP contribution is -2.26. The molecule has 0 aliphatic rings. The summed E-state index contributed by atoms with van der Waals surface area (Å²) in [7, 11) is 1.61. The van der Waals surface area contributed by atoms with Gasteiger partial charge < -0.3 is 20.0 Å². The number of amides is 1. The zero-order valence-electron chi connectivity index (χ0n) is 18.9. The summed E-state index contributed by atoms with van der Waals surface area (Å²) in [5, 5.41) is 3.83. The Morgan fingerprint density at radius 2 is 1.88 bits per heavy atom. The van der Waals surface area contributed by atoms with Gasteiger partial charge >= 0.3 is 0 Å². The molecule has 0 aliphatic carbocycles. The van der Waals surface area contributed by atoms with E-state index in [1.165, 1.54) is 11.1 Å². The summed E-state index contributed by atoms with van der Waals surface area (Å²) in [5.74, 6) is 0.740. The van der Waals surface area contributed by atoms with E-state index in [4.69, 9.17) is 17.0 Å². The molecule has 3 N–H and O–H groups in total. The van der Waals surface area contributed by atoms with E-state index in [0.29, 0.717) is 53.9 Å². The quantitative estimate of drug-likeness (QED) is 0.253. The van der Waals surface area contributed by atoms with Crippen LogP contribution in [-0.4, -0.2) is 34.1 Å². The van der Waals surface area contributed by atoms with Crippen LogP contribution in [0.2, 0.25) is 0 Å². The van der Waals surface area contributed by atoms with E-state index in [1.807, 2.05) is 18.2 Å². The van der Waals surface area contributed by atoms with Crippen LogP contribution in [0.1, 0.15) is 30.4 Å². The Kier molecular flexibility index (Phi) is 6.93. The van der Waals surface area contributed by atoms with E-state index in [0.717, 1.165) is 17.3 Å². The van der Waals surface area contributed by atoms with Crippen LogP contribution in [0.15, 0.2) is 47.3 Å². The topological polar surface area (TPSA) is 91.9 Å². The molecule has 7 nitrogen and oxygen atoms in total. The molecule has 4 rings (SSSR count). The molecule has 2 aromatic heterocycles. The van der Waals surface area contributed by atoms with Crippen LogP contribution in [0.25, 0.3) is 21.9 Å². The number of H-pyrrole nitrogens is 2. The molecule has 4 aromatic rings. The van der Waals surface area contributed by atoms with Crippen molar-refractivity contribution in [3.8, 4) is 5.75 Å². The number of hydrogen-bond acceptors (Lipinski definition) is 4. The van der Waals surface area contributed by atoms with Crippen molar-refractivity contribution in [2.75, 3.05) is 13.7 Å². The number of ether oxygens (including phenoxy) is 1. The molecular formula is C25H28N4O3S. The van der Waals surface area contributed by atoms with E-state index in [-0.39, 0.29) is 11.5 Å². The molecule has 0 aliphatic heterocycles. The van der Waals surface area contributed by atoms with Crippen molar-refractivity contribution in [1.82, 2.24) is 19.9 Å². The van der Waals surface area contributed by atoms with Gasteiger partial charge in [0, 0.05) is 30.4 Å². The van der Waals surface area contributed by atoms with Crippen LogP contribution < -0.4 is 15.6 Å². The second-order valence-corrected chi connectivity index (χ2v) is 8.60. The Hall–Kier alpha value is -3.39. The highest BCUT2D eigenvalue weighted by molar-refractivity contribution is 7.71. The van der Waals surface area contributed by atoms with E-state index < -0.39 is 0 Å². The molecule has 2 heterocycles. The van der Waals surface area contributed by atoms with Gasteiger partial charge in [-0.25, -0.2) is 0 Å². The van der Waals surface area contributed by atoms with Gasteiger partial charge in [-0.1, -0.05) is 29.8 Å². The summed E-state index contributed by atoms with van der Waals surface area (Å²) in [6.07, 6.45) is 2.60. The fraction of sp³-hybridized carbons (Fsp3) is 0.320. The Bertz CT molecular complexity index is 1400. The van der Waals surface area contributed by atoms with Crippen LogP contribution in [-0.2, 0) is 17.8 Å². The molecule has 0 radical (unpaired) electrons. The lowest BCUT2D eigenvalue weighted by Gasteiger charge is -2.08. The van der Waals surface area contributed by atoms with Gasteiger partial charge in [0.05, 0.1) is 12.6 Å². The number of hydrogen-bond donors (Lipinski definition) is 3. The number of rotatable bonds is 9. The highest BCUT2D eigenvalue weighted by Crippen LogP contribution is 2.25. The van der Waals surface area contributed by atoms with E-state index in [9.17, 15) is 9.59 Å². The first-order valence-corrected chi connectivity index (χ1v) is 11.5. The standard InChI is InChI=1S/C25H28N4O3S/c1-16-6-8-17(9-7-16)12-13-26-21(30)5-3-4-14-29-24(31)23-22(28-25(29)33)19-15-18(32-2)10-11-20(19)27-23/h6-11,15,27H,3-5,12-14H2,1-2H3,(H,26,30)(H,28,33). The largest absolute Gasteiger partial charge is 0.497 e. The highest BCUT2D eigenvalue weighted by atomic mass is 32.1. The minimum Gasteiger partial charge on any atom is -0.497 e. The van der Waals surface area contributed by atoms with Crippen LogP contribution in [0, 0.1) is 11.7 Å². The predicted molar refractivity (Wildman–Crippen MR) is 134 cm³/mol. The average Bonchev–Trinajstić information content (AvgIpc) is 3.17. The number of carbonyl (C=O) groups is 1.